The Morgan fingerprint density at radius 3 is 2.44 bits per heavy atom. The molecule has 0 fully saturated rings. The highest BCUT2D eigenvalue weighted by Gasteiger charge is 2.23. The maximum atomic E-state index is 12.5. The number of phenols is 1. The highest BCUT2D eigenvalue weighted by Crippen LogP contribution is 2.24. The van der Waals surface area contributed by atoms with Gasteiger partial charge in [0.1, 0.15) is 11.5 Å². The molecule has 0 saturated carbocycles. The van der Waals surface area contributed by atoms with Crippen molar-refractivity contribution in [3.63, 3.8) is 0 Å². The molecule has 0 atom stereocenters. The lowest BCUT2D eigenvalue weighted by molar-refractivity contribution is -0.116. The number of amides is 1. The standard InChI is InChI=1S/C17H20N2O5S/c1-12-4-9-16(20)15(10-12)18-17(21)11-19(2)25(22,23)14-7-5-13(24-3)6-8-14/h4-10,20H,11H2,1-3H3,(H,18,21). The van der Waals surface area contributed by atoms with Crippen LogP contribution in [0.25, 0.3) is 0 Å². The molecule has 2 N–H and O–H groups in total. The molecule has 0 heterocycles. The van der Waals surface area contributed by atoms with Crippen LogP contribution in [0.5, 0.6) is 11.5 Å². The summed E-state index contributed by atoms with van der Waals surface area (Å²) in [7, 11) is -1.01. The van der Waals surface area contributed by atoms with Gasteiger partial charge in [-0.1, -0.05) is 6.07 Å². The minimum atomic E-state index is -3.82. The van der Waals surface area contributed by atoms with Crippen LogP contribution in [0.1, 0.15) is 5.56 Å². The van der Waals surface area contributed by atoms with Crippen molar-refractivity contribution in [1.29, 1.82) is 0 Å². The van der Waals surface area contributed by atoms with E-state index in [1.54, 1.807) is 12.1 Å². The van der Waals surface area contributed by atoms with Crippen LogP contribution in [-0.4, -0.2) is 44.4 Å². The van der Waals surface area contributed by atoms with Crippen LogP contribution >= 0.6 is 0 Å². The molecule has 1 amide bonds. The highest BCUT2D eigenvalue weighted by molar-refractivity contribution is 7.89. The van der Waals surface area contributed by atoms with Crippen molar-refractivity contribution < 1.29 is 23.1 Å². The van der Waals surface area contributed by atoms with Crippen LogP contribution in [0.15, 0.2) is 47.4 Å². The zero-order chi connectivity index (χ0) is 18.6. The molecule has 2 aromatic rings. The van der Waals surface area contributed by atoms with Gasteiger partial charge in [0.05, 0.1) is 24.2 Å². The third-order valence-corrected chi connectivity index (χ3v) is 5.38. The largest absolute Gasteiger partial charge is 0.506 e. The van der Waals surface area contributed by atoms with E-state index in [9.17, 15) is 18.3 Å². The Balaban J connectivity index is 2.10. The van der Waals surface area contributed by atoms with Gasteiger partial charge in [-0.05, 0) is 48.9 Å². The number of aromatic hydroxyl groups is 1. The summed E-state index contributed by atoms with van der Waals surface area (Å²) in [6, 6.07) is 10.7. The summed E-state index contributed by atoms with van der Waals surface area (Å²) in [5.41, 5.74) is 1.09. The van der Waals surface area contributed by atoms with E-state index in [-0.39, 0.29) is 22.9 Å². The second-order valence-electron chi connectivity index (χ2n) is 5.51. The number of nitrogens with one attached hydrogen (secondary N) is 1. The first-order valence-electron chi connectivity index (χ1n) is 7.44. The van der Waals surface area contributed by atoms with Crippen molar-refractivity contribution in [2.45, 2.75) is 11.8 Å². The molecule has 0 unspecified atom stereocenters. The number of carbonyl (C=O) groups is 1. The van der Waals surface area contributed by atoms with Crippen molar-refractivity contribution >= 4 is 21.6 Å². The normalized spacial score (nSPS) is 11.4. The number of phenolic OH excluding ortho intramolecular Hbond substituents is 1. The summed E-state index contributed by atoms with van der Waals surface area (Å²) in [5.74, 6) is -0.102. The van der Waals surface area contributed by atoms with Gasteiger partial charge >= 0.3 is 0 Å². The first-order valence-corrected chi connectivity index (χ1v) is 8.88. The number of anilines is 1. The van der Waals surface area contributed by atoms with E-state index in [2.05, 4.69) is 5.32 Å². The Bertz CT molecular complexity index is 863. The second kappa shape index (κ2) is 7.54. The molecule has 25 heavy (non-hydrogen) atoms. The minimum Gasteiger partial charge on any atom is -0.506 e. The SMILES string of the molecule is COc1ccc(S(=O)(=O)N(C)CC(=O)Nc2cc(C)ccc2O)cc1. The third-order valence-electron chi connectivity index (χ3n) is 3.56. The Morgan fingerprint density at radius 1 is 1.20 bits per heavy atom. The monoisotopic (exact) mass is 364 g/mol. The maximum absolute atomic E-state index is 12.5. The molecule has 2 aromatic carbocycles. The number of carbonyl (C=O) groups excluding carboxylic acids is 1. The molecule has 0 spiro atoms. The molecular weight excluding hydrogens is 344 g/mol. The Hall–Kier alpha value is -2.58. The van der Waals surface area contributed by atoms with E-state index in [1.807, 2.05) is 6.92 Å². The van der Waals surface area contributed by atoms with Gasteiger partial charge in [0, 0.05) is 7.05 Å². The maximum Gasteiger partial charge on any atom is 0.243 e. The summed E-state index contributed by atoms with van der Waals surface area (Å²) >= 11 is 0. The molecule has 7 nitrogen and oxygen atoms in total. The number of nitrogens with zero attached hydrogens (tertiary/aromatic N) is 1. The fourth-order valence-electron chi connectivity index (χ4n) is 2.15. The lowest BCUT2D eigenvalue weighted by Gasteiger charge is -2.17. The van der Waals surface area contributed by atoms with Gasteiger partial charge < -0.3 is 15.2 Å². The van der Waals surface area contributed by atoms with Crippen molar-refractivity contribution in [2.24, 2.45) is 0 Å². The fraction of sp³-hybridized carbons (Fsp3) is 0.235. The molecule has 0 aliphatic rings. The van der Waals surface area contributed by atoms with Gasteiger partial charge in [-0.15, -0.1) is 0 Å². The Labute approximate surface area is 146 Å². The Kier molecular flexibility index (Phi) is 5.66. The summed E-state index contributed by atoms with van der Waals surface area (Å²) in [5, 5.41) is 12.3. The number of hydrogen-bond donors (Lipinski definition) is 2. The lowest BCUT2D eigenvalue weighted by Crippen LogP contribution is -2.35. The van der Waals surface area contributed by atoms with Crippen LogP contribution in [0.2, 0.25) is 0 Å². The molecule has 0 aromatic heterocycles. The molecule has 0 aliphatic carbocycles. The zero-order valence-corrected chi connectivity index (χ0v) is 15.0. The van der Waals surface area contributed by atoms with Crippen molar-refractivity contribution in [2.75, 3.05) is 26.0 Å². The average molecular weight is 364 g/mol. The molecular formula is C17H20N2O5S. The topological polar surface area (TPSA) is 95.9 Å². The van der Waals surface area contributed by atoms with Gasteiger partial charge in [-0.2, -0.15) is 4.31 Å². The first kappa shape index (κ1) is 18.8. The zero-order valence-electron chi connectivity index (χ0n) is 14.2. The van der Waals surface area contributed by atoms with Crippen LogP contribution in [0, 0.1) is 6.92 Å². The van der Waals surface area contributed by atoms with E-state index in [1.165, 1.54) is 44.5 Å². The van der Waals surface area contributed by atoms with Crippen LogP contribution in [0.3, 0.4) is 0 Å². The number of ether oxygens (including phenoxy) is 1. The molecule has 0 saturated heterocycles. The van der Waals surface area contributed by atoms with Gasteiger partial charge in [0.25, 0.3) is 0 Å². The van der Waals surface area contributed by atoms with Gasteiger partial charge in [-0.3, -0.25) is 4.79 Å². The van der Waals surface area contributed by atoms with Crippen LogP contribution in [0.4, 0.5) is 5.69 Å². The predicted octanol–water partition coefficient (Wildman–Crippen LogP) is 1.97. The first-order chi connectivity index (χ1) is 11.7. The summed E-state index contributed by atoms with van der Waals surface area (Å²) in [6.07, 6.45) is 0. The molecule has 0 aliphatic heterocycles. The molecule has 8 heteroatoms. The molecule has 0 bridgehead atoms. The fourth-order valence-corrected chi connectivity index (χ4v) is 3.28. The molecule has 2 rings (SSSR count). The van der Waals surface area contributed by atoms with E-state index in [0.717, 1.165) is 9.87 Å². The van der Waals surface area contributed by atoms with Crippen molar-refractivity contribution in [1.82, 2.24) is 4.31 Å². The number of aryl methyl sites for hydroxylation is 1. The second-order valence-corrected chi connectivity index (χ2v) is 7.55. The number of benzene rings is 2. The number of hydrogen-bond acceptors (Lipinski definition) is 5. The van der Waals surface area contributed by atoms with Crippen molar-refractivity contribution in [3.05, 3.63) is 48.0 Å². The summed E-state index contributed by atoms with van der Waals surface area (Å²) in [4.78, 5) is 12.2. The number of likely N-dealkylation sites (N-methyl/N-ethyl adjacent to an activating group) is 1. The smallest absolute Gasteiger partial charge is 0.243 e. The molecule has 134 valence electrons. The average Bonchev–Trinajstić information content (AvgIpc) is 2.58. The summed E-state index contributed by atoms with van der Waals surface area (Å²) < 4.78 is 30.9. The Morgan fingerprint density at radius 2 is 1.84 bits per heavy atom. The van der Waals surface area contributed by atoms with E-state index >= 15 is 0 Å². The van der Waals surface area contributed by atoms with Crippen LogP contribution < -0.4 is 10.1 Å². The van der Waals surface area contributed by atoms with Gasteiger partial charge in [0.15, 0.2) is 0 Å². The molecule has 0 radical (unpaired) electrons. The van der Waals surface area contributed by atoms with Gasteiger partial charge in [0.2, 0.25) is 15.9 Å². The number of rotatable bonds is 6. The van der Waals surface area contributed by atoms with E-state index in [0.29, 0.717) is 5.75 Å². The third kappa shape index (κ3) is 4.49. The van der Waals surface area contributed by atoms with E-state index < -0.39 is 15.9 Å². The summed E-state index contributed by atoms with van der Waals surface area (Å²) in [6.45, 7) is 1.43. The van der Waals surface area contributed by atoms with Crippen LogP contribution in [-0.2, 0) is 14.8 Å². The lowest BCUT2D eigenvalue weighted by atomic mass is 10.2. The quantitative estimate of drug-likeness (QED) is 0.764. The van der Waals surface area contributed by atoms with E-state index in [4.69, 9.17) is 4.74 Å². The minimum absolute atomic E-state index is 0.0574. The number of methoxy groups -OCH3 is 1. The predicted molar refractivity (Wildman–Crippen MR) is 94.3 cm³/mol. The number of sulfonamides is 1. The van der Waals surface area contributed by atoms with Gasteiger partial charge in [-0.25, -0.2) is 8.42 Å². The van der Waals surface area contributed by atoms with Crippen molar-refractivity contribution in [3.8, 4) is 11.5 Å². The highest BCUT2D eigenvalue weighted by atomic mass is 32.2.